The predicted octanol–water partition coefficient (Wildman–Crippen LogP) is 6.95. The van der Waals surface area contributed by atoms with Gasteiger partial charge in [0, 0.05) is 0 Å². The van der Waals surface area contributed by atoms with Crippen molar-refractivity contribution in [2.45, 2.75) is 34.5 Å². The van der Waals surface area contributed by atoms with Crippen molar-refractivity contribution in [3.05, 3.63) is 18.3 Å². The van der Waals surface area contributed by atoms with Gasteiger partial charge in [-0.25, -0.2) is 9.59 Å². The lowest BCUT2D eigenvalue weighted by Crippen LogP contribution is -2.02. The van der Waals surface area contributed by atoms with Crippen LogP contribution in [-0.2, 0) is 19.1 Å². The van der Waals surface area contributed by atoms with E-state index in [1.807, 2.05) is 23.5 Å². The minimum atomic E-state index is -0.220. The van der Waals surface area contributed by atoms with Gasteiger partial charge >= 0.3 is 11.9 Å². The van der Waals surface area contributed by atoms with E-state index in [4.69, 9.17) is 9.47 Å². The molecule has 0 aromatic rings. The van der Waals surface area contributed by atoms with E-state index in [2.05, 4.69) is 13.8 Å². The summed E-state index contributed by atoms with van der Waals surface area (Å²) in [7, 11) is 2.89. The summed E-state index contributed by atoms with van der Waals surface area (Å²) >= 11 is 14.0. The van der Waals surface area contributed by atoms with Gasteiger partial charge in [0.25, 0.3) is 0 Å². The van der Waals surface area contributed by atoms with Crippen molar-refractivity contribution in [2.24, 2.45) is 0 Å². The van der Waals surface area contributed by atoms with Crippen LogP contribution in [0, 0.1) is 0 Å². The summed E-state index contributed by atoms with van der Waals surface area (Å²) in [5.74, 6) is 3.58. The Kier molecular flexibility index (Phi) is 13.9. The second-order valence-electron chi connectivity index (χ2n) is 5.58. The molecule has 0 saturated heterocycles. The Morgan fingerprint density at radius 3 is 1.50 bits per heavy atom. The number of ether oxygens (including phenoxy) is 2. The van der Waals surface area contributed by atoms with Crippen LogP contribution in [0.25, 0.3) is 0 Å². The Balaban J connectivity index is 1.76. The number of methoxy groups -OCH3 is 2. The van der Waals surface area contributed by atoms with Gasteiger partial charge in [0.05, 0.1) is 22.7 Å². The van der Waals surface area contributed by atoms with Gasteiger partial charge in [0.1, 0.15) is 17.6 Å². The van der Waals surface area contributed by atoms with Gasteiger partial charge in [-0.1, -0.05) is 60.9 Å². The Morgan fingerprint density at radius 2 is 1.17 bits per heavy atom. The lowest BCUT2D eigenvalue weighted by atomic mass is 10.4. The SMILES string of the molecule is CCSC1SC(SCCCCSC2=C(C(=O)OC)SC(SCC)S2)=C(C(=O)OC)S1. The highest BCUT2D eigenvalue weighted by atomic mass is 32.3. The molecule has 2 atom stereocenters. The first-order chi connectivity index (χ1) is 14.5. The van der Waals surface area contributed by atoms with Crippen LogP contribution in [0.5, 0.6) is 0 Å². The van der Waals surface area contributed by atoms with Gasteiger partial charge in [-0.05, 0) is 35.9 Å². The second kappa shape index (κ2) is 15.2. The van der Waals surface area contributed by atoms with E-state index in [-0.39, 0.29) is 11.9 Å². The van der Waals surface area contributed by atoms with Gasteiger partial charge < -0.3 is 9.47 Å². The van der Waals surface area contributed by atoms with E-state index in [9.17, 15) is 9.59 Å². The molecule has 0 aromatic carbocycles. The molecule has 2 unspecified atom stereocenters. The van der Waals surface area contributed by atoms with Crippen molar-refractivity contribution < 1.29 is 19.1 Å². The number of rotatable bonds is 13. The molecule has 2 aliphatic rings. The summed E-state index contributed by atoms with van der Waals surface area (Å²) in [4.78, 5) is 25.6. The van der Waals surface area contributed by atoms with Crippen LogP contribution < -0.4 is 0 Å². The Bertz CT molecular complexity index is 611. The van der Waals surface area contributed by atoms with Crippen LogP contribution in [0.15, 0.2) is 18.3 Å². The normalized spacial score (nSPS) is 21.5. The van der Waals surface area contributed by atoms with E-state index in [0.717, 1.165) is 54.1 Å². The number of hydrogen-bond acceptors (Lipinski definition) is 12. The second-order valence-corrected chi connectivity index (χ2v) is 17.3. The molecule has 0 aromatic heterocycles. The number of unbranched alkanes of at least 4 members (excludes halogenated alkanes) is 1. The topological polar surface area (TPSA) is 52.6 Å². The van der Waals surface area contributed by atoms with Gasteiger partial charge in [-0.15, -0.1) is 47.0 Å². The highest BCUT2D eigenvalue weighted by Crippen LogP contribution is 2.56. The fourth-order valence-corrected chi connectivity index (χ4v) is 14.9. The average molecular weight is 563 g/mol. The lowest BCUT2D eigenvalue weighted by molar-refractivity contribution is -0.136. The maximum absolute atomic E-state index is 12.1. The summed E-state index contributed by atoms with van der Waals surface area (Å²) in [6.45, 7) is 4.27. The molecule has 0 amide bonds. The van der Waals surface area contributed by atoms with Crippen LogP contribution in [0.3, 0.4) is 0 Å². The smallest absolute Gasteiger partial charge is 0.346 e. The van der Waals surface area contributed by atoms with Gasteiger partial charge in [-0.2, -0.15) is 0 Å². The minimum Gasteiger partial charge on any atom is -0.465 e. The van der Waals surface area contributed by atoms with E-state index in [1.54, 1.807) is 70.6 Å². The summed E-state index contributed by atoms with van der Waals surface area (Å²) in [5, 5.41) is 0. The summed E-state index contributed by atoms with van der Waals surface area (Å²) in [5.41, 5.74) is 0. The Labute approximate surface area is 213 Å². The third-order valence-electron chi connectivity index (χ3n) is 3.56. The highest BCUT2D eigenvalue weighted by molar-refractivity contribution is 8.41. The molecule has 0 N–H and O–H groups in total. The molecular formula is C18H26O4S8. The van der Waals surface area contributed by atoms with Crippen molar-refractivity contribution in [1.82, 2.24) is 0 Å². The first-order valence-electron chi connectivity index (χ1n) is 9.34. The first kappa shape index (κ1) is 27.5. The molecule has 0 bridgehead atoms. The fourth-order valence-electron chi connectivity index (χ4n) is 2.21. The third kappa shape index (κ3) is 8.53. The lowest BCUT2D eigenvalue weighted by Gasteiger charge is -2.07. The van der Waals surface area contributed by atoms with E-state index in [1.165, 1.54) is 14.2 Å². The van der Waals surface area contributed by atoms with Gasteiger partial charge in [-0.3, -0.25) is 0 Å². The molecule has 170 valence electrons. The standard InChI is InChI=1S/C18H26O4S8/c1-5-23-17-27-11(13(19)21-3)15(29-17)25-9-7-8-10-26-16-12(14(20)22-4)28-18(30-16)24-6-2/h17-18H,5-10H2,1-4H3. The van der Waals surface area contributed by atoms with Crippen molar-refractivity contribution in [2.75, 3.05) is 37.2 Å². The molecule has 0 radical (unpaired) electrons. The maximum atomic E-state index is 12.1. The number of carbonyl (C=O) groups is 2. The molecule has 12 heteroatoms. The molecule has 30 heavy (non-hydrogen) atoms. The van der Waals surface area contributed by atoms with Crippen LogP contribution in [-0.4, -0.2) is 57.0 Å². The summed E-state index contributed by atoms with van der Waals surface area (Å²) in [6, 6.07) is 0. The van der Waals surface area contributed by atoms with Crippen LogP contribution in [0.1, 0.15) is 26.7 Å². The van der Waals surface area contributed by atoms with Gasteiger partial charge in [0.2, 0.25) is 0 Å². The van der Waals surface area contributed by atoms with E-state index in [0.29, 0.717) is 7.83 Å². The van der Waals surface area contributed by atoms with Crippen LogP contribution >= 0.6 is 94.1 Å². The first-order valence-corrected chi connectivity index (χ1v) is 16.9. The maximum Gasteiger partial charge on any atom is 0.346 e. The minimum absolute atomic E-state index is 0.220. The number of carbonyl (C=O) groups excluding carboxylic acids is 2. The molecule has 2 heterocycles. The van der Waals surface area contributed by atoms with Crippen molar-refractivity contribution in [1.29, 1.82) is 0 Å². The quantitative estimate of drug-likeness (QED) is 0.172. The predicted molar refractivity (Wildman–Crippen MR) is 146 cm³/mol. The molecule has 2 aliphatic heterocycles. The fraction of sp³-hybridized carbons (Fsp3) is 0.667. The molecule has 0 spiro atoms. The zero-order chi connectivity index (χ0) is 21.9. The molecular weight excluding hydrogens is 537 g/mol. The van der Waals surface area contributed by atoms with Crippen molar-refractivity contribution >= 4 is 106 Å². The van der Waals surface area contributed by atoms with Crippen LogP contribution in [0.4, 0.5) is 0 Å². The largest absolute Gasteiger partial charge is 0.465 e. The molecule has 0 aliphatic carbocycles. The zero-order valence-corrected chi connectivity index (χ0v) is 23.8. The monoisotopic (exact) mass is 562 g/mol. The Morgan fingerprint density at radius 1 is 0.767 bits per heavy atom. The van der Waals surface area contributed by atoms with Crippen molar-refractivity contribution in [3.63, 3.8) is 0 Å². The number of thioether (sulfide) groups is 8. The number of hydrogen-bond donors (Lipinski definition) is 0. The average Bonchev–Trinajstić information content (AvgIpc) is 3.34. The zero-order valence-electron chi connectivity index (χ0n) is 17.3. The molecule has 0 saturated carbocycles. The summed E-state index contributed by atoms with van der Waals surface area (Å²) < 4.78 is 12.8. The molecule has 2 rings (SSSR count). The third-order valence-corrected chi connectivity index (χ3v) is 15.2. The van der Waals surface area contributed by atoms with Crippen molar-refractivity contribution in [3.8, 4) is 0 Å². The molecule has 4 nitrogen and oxygen atoms in total. The van der Waals surface area contributed by atoms with E-state index >= 15 is 0 Å². The highest BCUT2D eigenvalue weighted by Gasteiger charge is 2.32. The Hall–Kier alpha value is 1.22. The van der Waals surface area contributed by atoms with Crippen LogP contribution in [0.2, 0.25) is 0 Å². The van der Waals surface area contributed by atoms with Gasteiger partial charge in [0.15, 0.2) is 0 Å². The summed E-state index contributed by atoms with van der Waals surface area (Å²) in [6.07, 6.45) is 2.14. The van der Waals surface area contributed by atoms with E-state index < -0.39 is 0 Å². The molecule has 0 fully saturated rings. The number of esters is 2.